The molecule has 8 aromatic carbocycles. The van der Waals surface area contributed by atoms with Gasteiger partial charge in [-0.15, -0.1) is 0 Å². The molecule has 2 heteroatoms. The van der Waals surface area contributed by atoms with E-state index in [9.17, 15) is 0 Å². The largest absolute Gasteiger partial charge is 0.455 e. The predicted octanol–water partition coefficient (Wildman–Crippen LogP) is 12.3. The highest BCUT2D eigenvalue weighted by Crippen LogP contribution is 2.44. The summed E-state index contributed by atoms with van der Waals surface area (Å²) in [5.41, 5.74) is 12.4. The molecule has 2 heterocycles. The maximum atomic E-state index is 6.51. The molecule has 0 fully saturated rings. The second-order valence-corrected chi connectivity index (χ2v) is 12.2. The van der Waals surface area contributed by atoms with E-state index in [0.717, 1.165) is 38.8 Å². The molecular formula is C44H27NO. The Morgan fingerprint density at radius 2 is 1.04 bits per heavy atom. The standard InChI is InChI=1S/C44H27NO/c1-3-11-28(12-4-1)32-24-33(29-13-5-2-6-14-29)26-35(25-32)45-39-19-9-15-30-21-22-31-23-34(27-40(45)43(31)42(30)39)36-17-10-18-38-37-16-7-8-20-41(37)46-44(36)38/h1-27H. The van der Waals surface area contributed by atoms with E-state index in [1.54, 1.807) is 0 Å². The average Bonchev–Trinajstić information content (AvgIpc) is 3.68. The number of benzene rings is 8. The number of rotatable bonds is 4. The molecule has 2 nitrogen and oxygen atoms in total. The van der Waals surface area contributed by atoms with Crippen molar-refractivity contribution in [3.8, 4) is 39.1 Å². The summed E-state index contributed by atoms with van der Waals surface area (Å²) >= 11 is 0. The Balaban J connectivity index is 1.31. The number of para-hydroxylation sites is 2. The van der Waals surface area contributed by atoms with Crippen LogP contribution in [-0.4, -0.2) is 4.57 Å². The lowest BCUT2D eigenvalue weighted by molar-refractivity contribution is 0.670. The SMILES string of the molecule is c1ccc(-c2cc(-c3ccccc3)cc(-n3c4cccc5ccc6cc(-c7cccc8c7oc7ccccc78)cc3c6c54)c2)cc1. The number of aromatic nitrogens is 1. The summed E-state index contributed by atoms with van der Waals surface area (Å²) in [5, 5.41) is 7.36. The van der Waals surface area contributed by atoms with Crippen molar-refractivity contribution < 1.29 is 4.42 Å². The third-order valence-electron chi connectivity index (χ3n) is 9.50. The molecule has 0 spiro atoms. The highest BCUT2D eigenvalue weighted by atomic mass is 16.3. The zero-order chi connectivity index (χ0) is 30.2. The monoisotopic (exact) mass is 585 g/mol. The first-order valence-electron chi connectivity index (χ1n) is 15.8. The molecule has 10 aromatic rings. The maximum Gasteiger partial charge on any atom is 0.143 e. The molecule has 0 saturated carbocycles. The van der Waals surface area contributed by atoms with E-state index < -0.39 is 0 Å². The summed E-state index contributed by atoms with van der Waals surface area (Å²) in [6, 6.07) is 59.1. The van der Waals surface area contributed by atoms with Crippen LogP contribution in [0.5, 0.6) is 0 Å². The zero-order valence-corrected chi connectivity index (χ0v) is 24.9. The predicted molar refractivity (Wildman–Crippen MR) is 193 cm³/mol. The molecule has 0 saturated heterocycles. The second kappa shape index (κ2) is 9.69. The number of furan rings is 1. The van der Waals surface area contributed by atoms with Crippen LogP contribution in [0.2, 0.25) is 0 Å². The molecule has 0 unspecified atom stereocenters. The summed E-state index contributed by atoms with van der Waals surface area (Å²) < 4.78 is 8.98. The molecular weight excluding hydrogens is 558 g/mol. The summed E-state index contributed by atoms with van der Waals surface area (Å²) in [6.45, 7) is 0. The van der Waals surface area contributed by atoms with Gasteiger partial charge in [-0.1, -0.05) is 121 Å². The van der Waals surface area contributed by atoms with E-state index in [2.05, 4.69) is 162 Å². The van der Waals surface area contributed by atoms with E-state index in [-0.39, 0.29) is 0 Å². The van der Waals surface area contributed by atoms with Gasteiger partial charge in [0, 0.05) is 32.8 Å². The molecule has 0 bridgehead atoms. The summed E-state index contributed by atoms with van der Waals surface area (Å²) in [5.74, 6) is 0. The Labute approximate surface area is 265 Å². The number of fused-ring (bicyclic) bond motifs is 3. The molecule has 0 N–H and O–H groups in total. The summed E-state index contributed by atoms with van der Waals surface area (Å²) in [6.07, 6.45) is 0. The first-order chi connectivity index (χ1) is 22.8. The lowest BCUT2D eigenvalue weighted by atomic mass is 9.96. The van der Waals surface area contributed by atoms with Gasteiger partial charge in [-0.25, -0.2) is 0 Å². The highest BCUT2D eigenvalue weighted by Gasteiger charge is 2.20. The normalized spacial score (nSPS) is 11.9. The maximum absolute atomic E-state index is 6.51. The zero-order valence-electron chi connectivity index (χ0n) is 24.9. The van der Waals surface area contributed by atoms with Gasteiger partial charge in [-0.3, -0.25) is 0 Å². The van der Waals surface area contributed by atoms with Crippen molar-refractivity contribution in [2.24, 2.45) is 0 Å². The first kappa shape index (κ1) is 25.2. The summed E-state index contributed by atoms with van der Waals surface area (Å²) in [4.78, 5) is 0. The van der Waals surface area contributed by atoms with Crippen LogP contribution in [0, 0.1) is 0 Å². The Hall–Kier alpha value is -6.12. The molecule has 0 aliphatic carbocycles. The Morgan fingerprint density at radius 1 is 0.391 bits per heavy atom. The van der Waals surface area contributed by atoms with Gasteiger partial charge in [0.25, 0.3) is 0 Å². The van der Waals surface area contributed by atoms with Crippen LogP contribution < -0.4 is 0 Å². The minimum Gasteiger partial charge on any atom is -0.455 e. The fourth-order valence-electron chi connectivity index (χ4n) is 7.44. The lowest BCUT2D eigenvalue weighted by Gasteiger charge is -2.14. The molecule has 214 valence electrons. The van der Waals surface area contributed by atoms with Gasteiger partial charge in [0.15, 0.2) is 0 Å². The molecule has 0 aliphatic heterocycles. The quantitative estimate of drug-likeness (QED) is 0.188. The first-order valence-corrected chi connectivity index (χ1v) is 15.8. The number of hydrogen-bond donors (Lipinski definition) is 0. The lowest BCUT2D eigenvalue weighted by Crippen LogP contribution is -1.96. The Morgan fingerprint density at radius 3 is 1.83 bits per heavy atom. The van der Waals surface area contributed by atoms with E-state index in [4.69, 9.17) is 4.42 Å². The Bertz CT molecular complexity index is 2670. The van der Waals surface area contributed by atoms with E-state index in [0.29, 0.717) is 0 Å². The van der Waals surface area contributed by atoms with Crippen molar-refractivity contribution in [3.05, 3.63) is 164 Å². The van der Waals surface area contributed by atoms with Crippen LogP contribution >= 0.6 is 0 Å². The van der Waals surface area contributed by atoms with Crippen molar-refractivity contribution in [1.29, 1.82) is 0 Å². The van der Waals surface area contributed by atoms with Crippen LogP contribution in [0.1, 0.15) is 0 Å². The van der Waals surface area contributed by atoms with Gasteiger partial charge >= 0.3 is 0 Å². The van der Waals surface area contributed by atoms with Crippen LogP contribution in [0.15, 0.2) is 168 Å². The molecule has 46 heavy (non-hydrogen) atoms. The molecule has 0 radical (unpaired) electrons. The molecule has 0 amide bonds. The van der Waals surface area contributed by atoms with Crippen molar-refractivity contribution in [3.63, 3.8) is 0 Å². The van der Waals surface area contributed by atoms with Crippen LogP contribution in [-0.2, 0) is 0 Å². The molecule has 0 aliphatic rings. The highest BCUT2D eigenvalue weighted by molar-refractivity contribution is 6.25. The molecule has 10 rings (SSSR count). The molecule has 2 aromatic heterocycles. The minimum atomic E-state index is 0.914. The summed E-state index contributed by atoms with van der Waals surface area (Å²) in [7, 11) is 0. The van der Waals surface area contributed by atoms with Crippen LogP contribution in [0.3, 0.4) is 0 Å². The average molecular weight is 586 g/mol. The number of nitrogens with zero attached hydrogens (tertiary/aromatic N) is 1. The van der Waals surface area contributed by atoms with Crippen molar-refractivity contribution >= 4 is 54.5 Å². The van der Waals surface area contributed by atoms with Gasteiger partial charge in [-0.05, 0) is 81.1 Å². The topological polar surface area (TPSA) is 18.1 Å². The third kappa shape index (κ3) is 3.71. The van der Waals surface area contributed by atoms with Gasteiger partial charge in [-0.2, -0.15) is 0 Å². The second-order valence-electron chi connectivity index (χ2n) is 12.2. The van der Waals surface area contributed by atoms with Gasteiger partial charge in [0.05, 0.1) is 11.0 Å². The number of hydrogen-bond acceptors (Lipinski definition) is 1. The van der Waals surface area contributed by atoms with Crippen LogP contribution in [0.4, 0.5) is 0 Å². The molecule has 0 atom stereocenters. The van der Waals surface area contributed by atoms with Gasteiger partial charge in [0.2, 0.25) is 0 Å². The third-order valence-corrected chi connectivity index (χ3v) is 9.50. The smallest absolute Gasteiger partial charge is 0.143 e. The fraction of sp³-hybridized carbons (Fsp3) is 0. The van der Waals surface area contributed by atoms with Gasteiger partial charge in [0.1, 0.15) is 11.2 Å². The Kier molecular flexibility index (Phi) is 5.31. The van der Waals surface area contributed by atoms with Crippen molar-refractivity contribution in [2.45, 2.75) is 0 Å². The van der Waals surface area contributed by atoms with E-state index in [1.165, 1.54) is 54.8 Å². The minimum absolute atomic E-state index is 0.914. The van der Waals surface area contributed by atoms with E-state index in [1.807, 2.05) is 6.07 Å². The van der Waals surface area contributed by atoms with E-state index >= 15 is 0 Å². The van der Waals surface area contributed by atoms with Gasteiger partial charge < -0.3 is 8.98 Å². The fourth-order valence-corrected chi connectivity index (χ4v) is 7.44. The van der Waals surface area contributed by atoms with Crippen molar-refractivity contribution in [2.75, 3.05) is 0 Å². The van der Waals surface area contributed by atoms with Crippen LogP contribution in [0.25, 0.3) is 93.6 Å². The van der Waals surface area contributed by atoms with Crippen molar-refractivity contribution in [1.82, 2.24) is 4.57 Å².